The predicted molar refractivity (Wildman–Crippen MR) is 57.2 cm³/mol. The maximum Gasteiger partial charge on any atom is 2.00 e. The molecule has 0 amide bonds. The van der Waals surface area contributed by atoms with Crippen LogP contribution in [0.25, 0.3) is 0 Å². The Morgan fingerprint density at radius 3 is 1.81 bits per heavy atom. The van der Waals surface area contributed by atoms with Gasteiger partial charge in [0.05, 0.1) is 0 Å². The van der Waals surface area contributed by atoms with Crippen LogP contribution in [-0.2, 0) is 9.59 Å². The van der Waals surface area contributed by atoms with Gasteiger partial charge in [0.1, 0.15) is 0 Å². The van der Waals surface area contributed by atoms with Crippen molar-refractivity contribution in [1.29, 1.82) is 0 Å². The molecule has 0 radical (unpaired) electrons. The topological polar surface area (TPSA) is 80.3 Å². The van der Waals surface area contributed by atoms with Crippen LogP contribution in [-0.4, -0.2) is 57.4 Å². The number of hydrogen-bond donors (Lipinski definition) is 0. The molecule has 0 spiro atoms. The third-order valence-electron chi connectivity index (χ3n) is 3.38. The van der Waals surface area contributed by atoms with Crippen molar-refractivity contribution in [3.05, 3.63) is 0 Å². The zero-order valence-corrected chi connectivity index (χ0v) is 13.9. The summed E-state index contributed by atoms with van der Waals surface area (Å²) < 4.78 is 0. The normalized spacial score (nSPS) is 11.8. The zero-order chi connectivity index (χ0) is 12.3. The molecular weight excluding hydrogens is 284 g/mol. The van der Waals surface area contributed by atoms with Crippen LogP contribution in [0.15, 0.2) is 0 Å². The first kappa shape index (κ1) is 18.8. The van der Waals surface area contributed by atoms with E-state index in [2.05, 4.69) is 0 Å². The van der Waals surface area contributed by atoms with Gasteiger partial charge in [-0.15, -0.1) is 0 Å². The summed E-state index contributed by atoms with van der Waals surface area (Å²) in [5.74, 6) is -2.21. The monoisotopic (exact) mass is 302 g/mol. The number of carboxylic acids is 2. The molecule has 16 heavy (non-hydrogen) atoms. The molecule has 0 atom stereocenters. The quantitative estimate of drug-likeness (QED) is 0.609. The molecule has 0 aromatic rings. The number of carbonyl (C=O) groups excluding carboxylic acids is 2. The van der Waals surface area contributed by atoms with Crippen LogP contribution < -0.4 is 10.2 Å². The summed E-state index contributed by atoms with van der Waals surface area (Å²) in [7, 11) is 0. The molecule has 0 saturated carbocycles. The number of rotatable bonds is 6. The van der Waals surface area contributed by atoms with E-state index in [0.29, 0.717) is 12.8 Å². The SMILES string of the molecule is CC(C)(CCCC(=O)[O-])C(C)(C)C(=O)[O-].[Sr+2]. The average Bonchev–Trinajstić information content (AvgIpc) is 2.02. The Kier molecular flexibility index (Phi) is 8.20. The van der Waals surface area contributed by atoms with Gasteiger partial charge in [0.15, 0.2) is 0 Å². The fourth-order valence-electron chi connectivity index (χ4n) is 1.26. The van der Waals surface area contributed by atoms with E-state index in [0.717, 1.165) is 0 Å². The molecule has 0 bridgehead atoms. The largest absolute Gasteiger partial charge is 2.00 e. The molecule has 0 aliphatic rings. The summed E-state index contributed by atoms with van der Waals surface area (Å²) in [6.45, 7) is 6.80. The molecule has 0 aromatic carbocycles. The molecule has 0 aliphatic carbocycles. The van der Waals surface area contributed by atoms with Crippen LogP contribution in [0.3, 0.4) is 0 Å². The van der Waals surface area contributed by atoms with E-state index < -0.39 is 22.8 Å². The number of carboxylic acid groups (broad SMARTS) is 2. The van der Waals surface area contributed by atoms with Crippen LogP contribution in [0.1, 0.15) is 47.0 Å². The van der Waals surface area contributed by atoms with Crippen molar-refractivity contribution < 1.29 is 19.8 Å². The maximum absolute atomic E-state index is 10.9. The number of carbonyl (C=O) groups is 2. The zero-order valence-electron chi connectivity index (χ0n) is 10.5. The predicted octanol–water partition coefficient (Wildman–Crippen LogP) is -0.672. The summed E-state index contributed by atoms with van der Waals surface area (Å²) in [6.07, 6.45) is 0.903. The molecule has 0 N–H and O–H groups in total. The summed E-state index contributed by atoms with van der Waals surface area (Å²) in [4.78, 5) is 21.2. The van der Waals surface area contributed by atoms with Gasteiger partial charge < -0.3 is 19.8 Å². The van der Waals surface area contributed by atoms with E-state index in [9.17, 15) is 19.8 Å². The second kappa shape index (κ2) is 6.99. The minimum absolute atomic E-state index is 0. The van der Waals surface area contributed by atoms with E-state index >= 15 is 0 Å². The third kappa shape index (κ3) is 5.17. The van der Waals surface area contributed by atoms with Crippen molar-refractivity contribution in [1.82, 2.24) is 0 Å². The summed E-state index contributed by atoms with van der Waals surface area (Å²) in [6, 6.07) is 0. The van der Waals surface area contributed by atoms with Crippen molar-refractivity contribution in [2.45, 2.75) is 47.0 Å². The summed E-state index contributed by atoms with van der Waals surface area (Å²) in [5, 5.41) is 21.2. The second-order valence-electron chi connectivity index (χ2n) is 5.02. The molecule has 0 rings (SSSR count). The first-order valence-corrected chi connectivity index (χ1v) is 5.02. The average molecular weight is 302 g/mol. The number of hydrogen-bond acceptors (Lipinski definition) is 4. The minimum atomic E-state index is -1.11. The van der Waals surface area contributed by atoms with Crippen LogP contribution in [0.5, 0.6) is 0 Å². The molecule has 0 unspecified atom stereocenters. The second-order valence-corrected chi connectivity index (χ2v) is 5.02. The van der Waals surface area contributed by atoms with Crippen LogP contribution >= 0.6 is 0 Å². The van der Waals surface area contributed by atoms with Crippen molar-refractivity contribution >= 4 is 57.4 Å². The van der Waals surface area contributed by atoms with E-state index in [1.165, 1.54) is 0 Å². The van der Waals surface area contributed by atoms with E-state index in [1.807, 2.05) is 0 Å². The van der Waals surface area contributed by atoms with Gasteiger partial charge in [0, 0.05) is 17.4 Å². The molecule has 88 valence electrons. The van der Waals surface area contributed by atoms with Gasteiger partial charge in [-0.1, -0.05) is 27.7 Å². The van der Waals surface area contributed by atoms with Crippen molar-refractivity contribution in [2.75, 3.05) is 0 Å². The molecule has 4 nitrogen and oxygen atoms in total. The molecule has 0 aliphatic heterocycles. The Labute approximate surface area is 134 Å². The maximum atomic E-state index is 10.9. The summed E-state index contributed by atoms with van der Waals surface area (Å²) in [5.41, 5.74) is -1.47. The summed E-state index contributed by atoms with van der Waals surface area (Å²) >= 11 is 0. The Morgan fingerprint density at radius 2 is 1.50 bits per heavy atom. The fraction of sp³-hybridized carbons (Fsp3) is 0.818. The third-order valence-corrected chi connectivity index (χ3v) is 3.38. The fourth-order valence-corrected chi connectivity index (χ4v) is 1.26. The number of aliphatic carboxylic acids is 2. The van der Waals surface area contributed by atoms with E-state index in [-0.39, 0.29) is 51.9 Å². The molecule has 5 heteroatoms. The van der Waals surface area contributed by atoms with E-state index in [4.69, 9.17) is 0 Å². The van der Waals surface area contributed by atoms with Crippen LogP contribution in [0.4, 0.5) is 0 Å². The van der Waals surface area contributed by atoms with E-state index in [1.54, 1.807) is 27.7 Å². The van der Waals surface area contributed by atoms with Gasteiger partial charge in [0.25, 0.3) is 0 Å². The van der Waals surface area contributed by atoms with Crippen LogP contribution in [0.2, 0.25) is 0 Å². The van der Waals surface area contributed by atoms with Gasteiger partial charge in [-0.2, -0.15) is 0 Å². The molecular formula is C11H18O4Sr. The molecule has 0 heterocycles. The Hall–Kier alpha value is 0.421. The van der Waals surface area contributed by atoms with Crippen molar-refractivity contribution in [2.24, 2.45) is 10.8 Å². The first-order chi connectivity index (χ1) is 6.61. The van der Waals surface area contributed by atoms with Crippen molar-refractivity contribution in [3.8, 4) is 0 Å². The van der Waals surface area contributed by atoms with Gasteiger partial charge in [0.2, 0.25) is 0 Å². The molecule has 0 fully saturated rings. The van der Waals surface area contributed by atoms with Gasteiger partial charge in [-0.05, 0) is 24.7 Å². The van der Waals surface area contributed by atoms with Crippen molar-refractivity contribution in [3.63, 3.8) is 0 Å². The Balaban J connectivity index is 0. The van der Waals surface area contributed by atoms with Gasteiger partial charge in [-0.25, -0.2) is 0 Å². The van der Waals surface area contributed by atoms with Crippen LogP contribution in [0, 0.1) is 10.8 Å². The Morgan fingerprint density at radius 1 is 1.06 bits per heavy atom. The van der Waals surface area contributed by atoms with Gasteiger partial charge >= 0.3 is 45.5 Å². The molecule has 0 saturated heterocycles. The molecule has 0 aromatic heterocycles. The minimum Gasteiger partial charge on any atom is -0.550 e. The smallest absolute Gasteiger partial charge is 0.550 e. The standard InChI is InChI=1S/C11H20O4.Sr/c1-10(2,7-5-6-8(12)13)11(3,4)9(14)15;/h5-7H2,1-4H3,(H,12,13)(H,14,15);/q;+2/p-2. The first-order valence-electron chi connectivity index (χ1n) is 5.02. The van der Waals surface area contributed by atoms with Gasteiger partial charge in [-0.3, -0.25) is 0 Å². The Bertz CT molecular complexity index is 259.